The summed E-state index contributed by atoms with van der Waals surface area (Å²) in [6, 6.07) is 11.9. The van der Waals surface area contributed by atoms with Gasteiger partial charge in [-0.15, -0.1) is 0 Å². The Morgan fingerprint density at radius 3 is 2.40 bits per heavy atom. The van der Waals surface area contributed by atoms with Crippen molar-refractivity contribution in [2.45, 2.75) is 43.7 Å². The third-order valence-electron chi connectivity index (χ3n) is 6.69. The molecule has 2 heterocycles. The largest absolute Gasteiger partial charge is 0.469 e. The Balaban J connectivity index is 1.31. The van der Waals surface area contributed by atoms with Crippen molar-refractivity contribution in [3.05, 3.63) is 83.4 Å². The number of sulfonamides is 1. The number of benzene rings is 2. The second-order valence-corrected chi connectivity index (χ2v) is 11.3. The Bertz CT molecular complexity index is 1730. The Hall–Kier alpha value is -4.59. The van der Waals surface area contributed by atoms with Gasteiger partial charge in [-0.05, 0) is 67.4 Å². The quantitative estimate of drug-likeness (QED) is 0.235. The summed E-state index contributed by atoms with van der Waals surface area (Å²) in [7, 11) is -4.11. The molecule has 14 heteroatoms. The molecule has 1 aliphatic rings. The number of rotatable bonds is 8. The molecular formula is C28H26F3N5O5S. The number of amides is 3. The van der Waals surface area contributed by atoms with E-state index in [1.807, 2.05) is 11.6 Å². The predicted molar refractivity (Wildman–Crippen MR) is 147 cm³/mol. The Morgan fingerprint density at radius 2 is 1.74 bits per heavy atom. The molecule has 0 radical (unpaired) electrons. The summed E-state index contributed by atoms with van der Waals surface area (Å²) in [5.74, 6) is 0.0550. The van der Waals surface area contributed by atoms with Gasteiger partial charge in [0.05, 0.1) is 22.5 Å². The third kappa shape index (κ3) is 5.88. The van der Waals surface area contributed by atoms with Crippen molar-refractivity contribution in [1.29, 1.82) is 0 Å². The number of urea groups is 1. The van der Waals surface area contributed by atoms with E-state index < -0.39 is 33.8 Å². The molecule has 0 fully saturated rings. The van der Waals surface area contributed by atoms with Crippen LogP contribution < -0.4 is 15.4 Å². The van der Waals surface area contributed by atoms with Gasteiger partial charge in [0.1, 0.15) is 5.76 Å². The van der Waals surface area contributed by atoms with Crippen LogP contribution in [0.3, 0.4) is 0 Å². The molecule has 4 aromatic rings. The number of aromatic nitrogens is 2. The van der Waals surface area contributed by atoms with Crippen molar-refractivity contribution >= 4 is 27.6 Å². The van der Waals surface area contributed by atoms with Gasteiger partial charge in [0.15, 0.2) is 5.69 Å². The van der Waals surface area contributed by atoms with Crippen molar-refractivity contribution in [1.82, 2.24) is 19.8 Å². The number of hydrogen-bond donors (Lipinski definition) is 3. The van der Waals surface area contributed by atoms with Gasteiger partial charge in [-0.1, -0.05) is 13.3 Å². The maximum atomic E-state index is 13.8. The van der Waals surface area contributed by atoms with Crippen LogP contribution in [0.4, 0.5) is 23.7 Å². The van der Waals surface area contributed by atoms with E-state index >= 15 is 0 Å². The van der Waals surface area contributed by atoms with Gasteiger partial charge < -0.3 is 15.1 Å². The number of aryl methyl sites for hydroxylation is 1. The fourth-order valence-corrected chi connectivity index (χ4v) is 5.56. The Kier molecular flexibility index (Phi) is 7.82. The second-order valence-electron chi connectivity index (χ2n) is 9.58. The molecule has 220 valence electrons. The van der Waals surface area contributed by atoms with Gasteiger partial charge >= 0.3 is 12.2 Å². The zero-order valence-electron chi connectivity index (χ0n) is 22.3. The number of nitrogens with zero attached hydrogens (tertiary/aromatic N) is 2. The normalized spacial score (nSPS) is 12.8. The number of nitrogens with one attached hydrogen (secondary N) is 3. The minimum absolute atomic E-state index is 0.0935. The SMILES string of the molecule is CCCCNC(=O)NS(=O)(=O)c1ccc(NC(=O)c2ccc(-n3nc(C(F)(F)F)c4c3-c3ccoc3CC4)cc2)cc1. The molecule has 10 nitrogen and oxygen atoms in total. The third-order valence-corrected chi connectivity index (χ3v) is 8.04. The molecule has 2 aromatic carbocycles. The molecule has 0 spiro atoms. The van der Waals surface area contributed by atoms with Crippen molar-refractivity contribution in [3.8, 4) is 16.9 Å². The van der Waals surface area contributed by atoms with E-state index in [4.69, 9.17) is 4.42 Å². The summed E-state index contributed by atoms with van der Waals surface area (Å²) in [5.41, 5.74) is 0.810. The molecule has 1 aliphatic carbocycles. The highest BCUT2D eigenvalue weighted by atomic mass is 32.2. The molecule has 3 N–H and O–H groups in total. The van der Waals surface area contributed by atoms with Crippen molar-refractivity contribution in [2.75, 3.05) is 11.9 Å². The van der Waals surface area contributed by atoms with Crippen molar-refractivity contribution in [2.24, 2.45) is 0 Å². The van der Waals surface area contributed by atoms with E-state index in [1.165, 1.54) is 59.5 Å². The van der Waals surface area contributed by atoms with Gasteiger partial charge in [0.2, 0.25) is 0 Å². The molecule has 42 heavy (non-hydrogen) atoms. The highest BCUT2D eigenvalue weighted by Gasteiger charge is 2.41. The Labute approximate surface area is 239 Å². The zero-order valence-corrected chi connectivity index (χ0v) is 23.1. The van der Waals surface area contributed by atoms with E-state index in [0.29, 0.717) is 47.8 Å². The van der Waals surface area contributed by atoms with Crippen LogP contribution in [0.15, 0.2) is 70.2 Å². The molecule has 0 saturated heterocycles. The molecule has 0 atom stereocenters. The van der Waals surface area contributed by atoms with Gasteiger partial charge in [-0.25, -0.2) is 22.6 Å². The van der Waals surface area contributed by atoms with Gasteiger partial charge in [0.25, 0.3) is 15.9 Å². The van der Waals surface area contributed by atoms with Crippen LogP contribution in [0.1, 0.15) is 47.1 Å². The smallest absolute Gasteiger partial charge is 0.435 e. The van der Waals surface area contributed by atoms with Crippen LogP contribution in [0.5, 0.6) is 0 Å². The average Bonchev–Trinajstić information content (AvgIpc) is 3.58. The summed E-state index contributed by atoms with van der Waals surface area (Å²) >= 11 is 0. The minimum atomic E-state index is -4.64. The van der Waals surface area contributed by atoms with Crippen LogP contribution in [-0.2, 0) is 29.0 Å². The van der Waals surface area contributed by atoms with Crippen LogP contribution in [0, 0.1) is 0 Å². The average molecular weight is 602 g/mol. The van der Waals surface area contributed by atoms with E-state index in [1.54, 1.807) is 6.07 Å². The summed E-state index contributed by atoms with van der Waals surface area (Å²) in [6.07, 6.45) is -1.19. The number of alkyl halides is 3. The maximum Gasteiger partial charge on any atom is 0.435 e. The van der Waals surface area contributed by atoms with E-state index in [-0.39, 0.29) is 22.4 Å². The monoisotopic (exact) mass is 601 g/mol. The molecule has 2 aromatic heterocycles. The van der Waals surface area contributed by atoms with Gasteiger partial charge in [-0.2, -0.15) is 18.3 Å². The number of carbonyl (C=O) groups excluding carboxylic acids is 2. The van der Waals surface area contributed by atoms with E-state index in [0.717, 1.165) is 6.42 Å². The number of carbonyl (C=O) groups is 2. The molecule has 0 saturated carbocycles. The number of hydrogen-bond acceptors (Lipinski definition) is 6. The molecule has 0 aliphatic heterocycles. The predicted octanol–water partition coefficient (Wildman–Crippen LogP) is 5.29. The fraction of sp³-hybridized carbons (Fsp3) is 0.250. The Morgan fingerprint density at radius 1 is 1.02 bits per heavy atom. The van der Waals surface area contributed by atoms with Crippen molar-refractivity contribution < 1.29 is 35.6 Å². The van der Waals surface area contributed by atoms with Gasteiger partial charge in [-0.3, -0.25) is 4.79 Å². The number of halogens is 3. The highest BCUT2D eigenvalue weighted by molar-refractivity contribution is 7.90. The molecule has 3 amide bonds. The summed E-state index contributed by atoms with van der Waals surface area (Å²) < 4.78 is 74.8. The highest BCUT2D eigenvalue weighted by Crippen LogP contribution is 2.42. The topological polar surface area (TPSA) is 135 Å². The minimum Gasteiger partial charge on any atom is -0.469 e. The number of anilines is 1. The molecule has 0 bridgehead atoms. The summed E-state index contributed by atoms with van der Waals surface area (Å²) in [4.78, 5) is 24.5. The first kappa shape index (κ1) is 28.9. The fourth-order valence-electron chi connectivity index (χ4n) is 4.63. The molecule has 5 rings (SSSR count). The van der Waals surface area contributed by atoms with Crippen LogP contribution in [0.2, 0.25) is 0 Å². The lowest BCUT2D eigenvalue weighted by Crippen LogP contribution is -2.39. The first-order valence-corrected chi connectivity index (χ1v) is 14.5. The van der Waals surface area contributed by atoms with Crippen LogP contribution in [-0.4, -0.2) is 36.7 Å². The lowest BCUT2D eigenvalue weighted by atomic mass is 9.94. The molecular weight excluding hydrogens is 575 g/mol. The summed E-state index contributed by atoms with van der Waals surface area (Å²) in [5, 5.41) is 8.99. The lowest BCUT2D eigenvalue weighted by Gasteiger charge is -2.15. The van der Waals surface area contributed by atoms with Crippen LogP contribution in [0.25, 0.3) is 16.9 Å². The first-order chi connectivity index (χ1) is 20.0. The first-order valence-electron chi connectivity index (χ1n) is 13.1. The van der Waals surface area contributed by atoms with Gasteiger partial charge in [0, 0.05) is 35.3 Å². The standard InChI is InChI=1S/C28H26F3N5O5S/c1-2-3-15-32-27(38)35-42(39,40)20-10-6-18(7-11-20)33-26(37)17-4-8-19(9-5-17)36-24-21-14-16-41-23(21)13-12-22(24)25(34-36)28(29,30)31/h4-11,14,16H,2-3,12-13,15H2,1H3,(H,33,37)(H2,32,35,38). The van der Waals surface area contributed by atoms with E-state index in [9.17, 15) is 31.2 Å². The number of furan rings is 1. The molecule has 0 unspecified atom stereocenters. The van der Waals surface area contributed by atoms with Crippen LogP contribution >= 0.6 is 0 Å². The zero-order chi connectivity index (χ0) is 30.1. The summed E-state index contributed by atoms with van der Waals surface area (Å²) in [6.45, 7) is 2.28. The number of unbranched alkanes of at least 4 members (excludes halogenated alkanes) is 1. The second kappa shape index (κ2) is 11.4. The number of fused-ring (bicyclic) bond motifs is 3. The van der Waals surface area contributed by atoms with Crippen molar-refractivity contribution in [3.63, 3.8) is 0 Å². The maximum absolute atomic E-state index is 13.8. The lowest BCUT2D eigenvalue weighted by molar-refractivity contribution is -0.142. The van der Waals surface area contributed by atoms with E-state index in [2.05, 4.69) is 15.7 Å².